The van der Waals surface area contributed by atoms with Gasteiger partial charge >= 0.3 is 0 Å². The molecule has 0 aliphatic carbocycles. The Labute approximate surface area is 177 Å². The van der Waals surface area contributed by atoms with E-state index in [0.29, 0.717) is 22.8 Å². The van der Waals surface area contributed by atoms with Crippen LogP contribution in [-0.2, 0) is 0 Å². The molecule has 0 aliphatic rings. The van der Waals surface area contributed by atoms with Crippen LogP contribution in [0.1, 0.15) is 0 Å². The van der Waals surface area contributed by atoms with Crippen LogP contribution in [0.15, 0.2) is 21.3 Å². The monoisotopic (exact) mass is 434 g/mol. The standard InChI is InChI=1S/C21H22O10/c1-25-10-8-12(27-3)11(26-2)7-9(10)17-20(29-5)15(23)13-14(22)19(28-4)16(24)21(30-6)18(13)31-17/h7-8,22,24H,1-6H3. The van der Waals surface area contributed by atoms with Crippen molar-refractivity contribution in [2.24, 2.45) is 0 Å². The molecule has 0 saturated carbocycles. The lowest BCUT2D eigenvalue weighted by Gasteiger charge is -2.17. The van der Waals surface area contributed by atoms with Crippen LogP contribution in [0.5, 0.6) is 46.0 Å². The average molecular weight is 434 g/mol. The quantitative estimate of drug-likeness (QED) is 0.573. The highest BCUT2D eigenvalue weighted by atomic mass is 16.5. The van der Waals surface area contributed by atoms with Gasteiger partial charge in [0.1, 0.15) is 11.1 Å². The van der Waals surface area contributed by atoms with E-state index < -0.39 is 16.9 Å². The number of ether oxygens (including phenoxy) is 6. The van der Waals surface area contributed by atoms with Crippen molar-refractivity contribution in [2.75, 3.05) is 42.7 Å². The number of rotatable bonds is 7. The van der Waals surface area contributed by atoms with Gasteiger partial charge in [-0.15, -0.1) is 0 Å². The lowest BCUT2D eigenvalue weighted by Crippen LogP contribution is -2.09. The Morgan fingerprint density at radius 3 is 1.74 bits per heavy atom. The first kappa shape index (κ1) is 21.8. The second-order valence-corrected chi connectivity index (χ2v) is 6.17. The van der Waals surface area contributed by atoms with E-state index in [1.807, 2.05) is 0 Å². The lowest BCUT2D eigenvalue weighted by atomic mass is 10.1. The molecule has 0 aliphatic heterocycles. The number of hydrogen-bond acceptors (Lipinski definition) is 10. The van der Waals surface area contributed by atoms with Crippen molar-refractivity contribution in [2.45, 2.75) is 0 Å². The van der Waals surface area contributed by atoms with E-state index in [9.17, 15) is 15.0 Å². The van der Waals surface area contributed by atoms with Gasteiger partial charge in [-0.3, -0.25) is 4.79 Å². The molecule has 0 saturated heterocycles. The highest BCUT2D eigenvalue weighted by molar-refractivity contribution is 5.96. The number of benzene rings is 2. The zero-order valence-corrected chi connectivity index (χ0v) is 17.8. The highest BCUT2D eigenvalue weighted by Gasteiger charge is 2.30. The molecule has 1 heterocycles. The van der Waals surface area contributed by atoms with Crippen LogP contribution in [-0.4, -0.2) is 52.9 Å². The van der Waals surface area contributed by atoms with Crippen molar-refractivity contribution in [1.82, 2.24) is 0 Å². The molecule has 0 bridgehead atoms. The van der Waals surface area contributed by atoms with E-state index in [0.717, 1.165) is 0 Å². The zero-order valence-electron chi connectivity index (χ0n) is 17.8. The maximum Gasteiger partial charge on any atom is 0.239 e. The Bertz CT molecular complexity index is 1200. The van der Waals surface area contributed by atoms with Crippen LogP contribution in [0.25, 0.3) is 22.3 Å². The van der Waals surface area contributed by atoms with Gasteiger partial charge in [-0.25, -0.2) is 0 Å². The van der Waals surface area contributed by atoms with Crippen LogP contribution >= 0.6 is 0 Å². The normalized spacial score (nSPS) is 10.6. The summed E-state index contributed by atoms with van der Waals surface area (Å²) < 4.78 is 37.5. The van der Waals surface area contributed by atoms with Gasteiger partial charge in [0, 0.05) is 6.07 Å². The molecular weight excluding hydrogens is 412 g/mol. The molecule has 2 N–H and O–H groups in total. The number of phenols is 2. The molecule has 0 amide bonds. The van der Waals surface area contributed by atoms with Crippen molar-refractivity contribution >= 4 is 11.0 Å². The van der Waals surface area contributed by atoms with Crippen molar-refractivity contribution in [3.05, 3.63) is 22.4 Å². The second-order valence-electron chi connectivity index (χ2n) is 6.17. The predicted molar refractivity (Wildman–Crippen MR) is 111 cm³/mol. The predicted octanol–water partition coefficient (Wildman–Crippen LogP) is 2.92. The van der Waals surface area contributed by atoms with Crippen LogP contribution < -0.4 is 33.8 Å². The summed E-state index contributed by atoms with van der Waals surface area (Å²) in [4.78, 5) is 13.3. The summed E-state index contributed by atoms with van der Waals surface area (Å²) in [5.41, 5.74) is -0.631. The third-order valence-corrected chi connectivity index (χ3v) is 4.72. The van der Waals surface area contributed by atoms with Crippen LogP contribution in [0.4, 0.5) is 0 Å². The fraction of sp³-hybridized carbons (Fsp3) is 0.286. The maximum atomic E-state index is 13.3. The van der Waals surface area contributed by atoms with Gasteiger partial charge in [0.2, 0.25) is 28.4 Å². The molecular formula is C21H22O10. The molecule has 3 rings (SSSR count). The van der Waals surface area contributed by atoms with Gasteiger partial charge in [-0.1, -0.05) is 0 Å². The summed E-state index contributed by atoms with van der Waals surface area (Å²) in [5.74, 6) is -0.927. The number of hydrogen-bond donors (Lipinski definition) is 2. The fourth-order valence-electron chi connectivity index (χ4n) is 3.28. The summed E-state index contributed by atoms with van der Waals surface area (Å²) >= 11 is 0. The summed E-state index contributed by atoms with van der Waals surface area (Å²) in [7, 11) is 8.12. The highest BCUT2D eigenvalue weighted by Crippen LogP contribution is 2.51. The smallest absolute Gasteiger partial charge is 0.239 e. The van der Waals surface area contributed by atoms with Gasteiger partial charge in [-0.2, -0.15) is 0 Å². The van der Waals surface area contributed by atoms with Gasteiger partial charge in [-0.05, 0) is 6.07 Å². The van der Waals surface area contributed by atoms with Gasteiger partial charge in [0.05, 0.1) is 48.2 Å². The van der Waals surface area contributed by atoms with Crippen molar-refractivity contribution in [3.8, 4) is 57.3 Å². The van der Waals surface area contributed by atoms with Crippen LogP contribution in [0, 0.1) is 0 Å². The molecule has 10 heteroatoms. The number of aromatic hydroxyl groups is 2. The first-order valence-corrected chi connectivity index (χ1v) is 8.89. The topological polar surface area (TPSA) is 126 Å². The van der Waals surface area contributed by atoms with Crippen LogP contribution in [0.3, 0.4) is 0 Å². The molecule has 0 spiro atoms. The molecule has 166 valence electrons. The first-order valence-electron chi connectivity index (χ1n) is 8.89. The number of fused-ring (bicyclic) bond motifs is 1. The Morgan fingerprint density at radius 2 is 1.23 bits per heavy atom. The molecule has 1 aromatic heterocycles. The summed E-state index contributed by atoms with van der Waals surface area (Å²) in [6, 6.07) is 3.10. The molecule has 3 aromatic rings. The maximum absolute atomic E-state index is 13.3. The number of phenolic OH excluding ortho intramolecular Hbond substituents is 2. The molecule has 10 nitrogen and oxygen atoms in total. The molecule has 0 unspecified atom stereocenters. The summed E-state index contributed by atoms with van der Waals surface area (Å²) in [6.45, 7) is 0. The van der Waals surface area contributed by atoms with Crippen molar-refractivity contribution < 1.29 is 43.1 Å². The van der Waals surface area contributed by atoms with E-state index in [2.05, 4.69) is 0 Å². The minimum Gasteiger partial charge on any atom is -0.504 e. The van der Waals surface area contributed by atoms with E-state index in [4.69, 9.17) is 32.8 Å². The third-order valence-electron chi connectivity index (χ3n) is 4.72. The molecule has 2 aromatic carbocycles. The van der Waals surface area contributed by atoms with E-state index in [1.165, 1.54) is 42.7 Å². The Hall–Kier alpha value is -3.95. The van der Waals surface area contributed by atoms with E-state index in [-0.39, 0.29) is 34.0 Å². The minimum absolute atomic E-state index is 0.0416. The largest absolute Gasteiger partial charge is 0.504 e. The summed E-state index contributed by atoms with van der Waals surface area (Å²) in [5, 5.41) is 20.7. The lowest BCUT2D eigenvalue weighted by molar-refractivity contribution is 0.322. The molecule has 0 radical (unpaired) electrons. The van der Waals surface area contributed by atoms with Gasteiger partial charge in [0.15, 0.2) is 28.6 Å². The summed E-state index contributed by atoms with van der Waals surface area (Å²) in [6.07, 6.45) is 0. The molecule has 0 fully saturated rings. The Morgan fingerprint density at radius 1 is 0.677 bits per heavy atom. The van der Waals surface area contributed by atoms with E-state index >= 15 is 0 Å². The second kappa shape index (κ2) is 8.42. The molecule has 0 atom stereocenters. The molecule has 31 heavy (non-hydrogen) atoms. The first-order chi connectivity index (χ1) is 14.9. The third kappa shape index (κ3) is 3.25. The minimum atomic E-state index is -0.718. The fourth-order valence-corrected chi connectivity index (χ4v) is 3.28. The van der Waals surface area contributed by atoms with Crippen LogP contribution in [0.2, 0.25) is 0 Å². The zero-order chi connectivity index (χ0) is 22.9. The van der Waals surface area contributed by atoms with E-state index in [1.54, 1.807) is 12.1 Å². The average Bonchev–Trinajstić information content (AvgIpc) is 2.78. The number of methoxy groups -OCH3 is 6. The van der Waals surface area contributed by atoms with Crippen molar-refractivity contribution in [1.29, 1.82) is 0 Å². The van der Waals surface area contributed by atoms with Gasteiger partial charge in [0.25, 0.3) is 0 Å². The Balaban J connectivity index is 2.52. The Kier molecular flexibility index (Phi) is 5.91. The van der Waals surface area contributed by atoms with Gasteiger partial charge < -0.3 is 43.1 Å². The SMILES string of the molecule is COc1cc(OC)c(-c2oc3c(OC)c(O)c(OC)c(O)c3c(=O)c2OC)cc1OC. The van der Waals surface area contributed by atoms with Crippen molar-refractivity contribution in [3.63, 3.8) is 0 Å².